The summed E-state index contributed by atoms with van der Waals surface area (Å²) in [6, 6.07) is 0. The van der Waals surface area contributed by atoms with Crippen LogP contribution >= 0.6 is 0 Å². The monoisotopic (exact) mass is 185 g/mol. The number of aryl methyl sites for hydroxylation is 1. The highest BCUT2D eigenvalue weighted by Crippen LogP contribution is 2.04. The molecule has 0 aliphatic rings. The zero-order chi connectivity index (χ0) is 9.68. The first kappa shape index (κ1) is 10.0. The minimum absolute atomic E-state index is 0.00719. The summed E-state index contributed by atoms with van der Waals surface area (Å²) in [6.07, 6.45) is 4.01. The van der Waals surface area contributed by atoms with Crippen LogP contribution in [0.2, 0.25) is 0 Å². The van der Waals surface area contributed by atoms with Crippen LogP contribution in [0.25, 0.3) is 0 Å². The van der Waals surface area contributed by atoms with E-state index in [0.29, 0.717) is 18.7 Å². The van der Waals surface area contributed by atoms with Crippen LogP contribution in [0.4, 0.5) is 5.69 Å². The van der Waals surface area contributed by atoms with Crippen molar-refractivity contribution in [3.63, 3.8) is 0 Å². The normalized spacial score (nSPS) is 11.0. The van der Waals surface area contributed by atoms with Gasteiger partial charge in [-0.05, 0) is 6.42 Å². The molecule has 13 heavy (non-hydrogen) atoms. The summed E-state index contributed by atoms with van der Waals surface area (Å²) >= 11 is 0. The standard InChI is InChI=1S/C8H15N3O2/c9-8-3-10-11(4-8)2-1-7(5-12)6-13/h3-4,7,12-13H,1-2,5-6,9H2. The SMILES string of the molecule is Nc1cnn(CCC(CO)CO)c1. The van der Waals surface area contributed by atoms with Crippen LogP contribution in [0.3, 0.4) is 0 Å². The topological polar surface area (TPSA) is 84.3 Å². The molecule has 0 unspecified atom stereocenters. The molecule has 4 N–H and O–H groups in total. The molecular weight excluding hydrogens is 170 g/mol. The van der Waals surface area contributed by atoms with Crippen molar-refractivity contribution in [2.45, 2.75) is 13.0 Å². The third-order valence-electron chi connectivity index (χ3n) is 1.94. The molecule has 0 spiro atoms. The number of aliphatic hydroxyl groups excluding tert-OH is 2. The maximum atomic E-state index is 8.79. The van der Waals surface area contributed by atoms with E-state index in [2.05, 4.69) is 5.10 Å². The van der Waals surface area contributed by atoms with E-state index in [9.17, 15) is 0 Å². The van der Waals surface area contributed by atoms with Gasteiger partial charge in [0.25, 0.3) is 0 Å². The lowest BCUT2D eigenvalue weighted by atomic mass is 10.1. The van der Waals surface area contributed by atoms with E-state index in [-0.39, 0.29) is 19.1 Å². The quantitative estimate of drug-likeness (QED) is 0.575. The third-order valence-corrected chi connectivity index (χ3v) is 1.94. The number of hydrogen-bond acceptors (Lipinski definition) is 4. The van der Waals surface area contributed by atoms with E-state index in [1.165, 1.54) is 0 Å². The fourth-order valence-electron chi connectivity index (χ4n) is 1.06. The highest BCUT2D eigenvalue weighted by molar-refractivity contribution is 5.30. The van der Waals surface area contributed by atoms with E-state index >= 15 is 0 Å². The minimum atomic E-state index is -0.0644. The molecule has 0 saturated heterocycles. The van der Waals surface area contributed by atoms with Crippen LogP contribution in [0.15, 0.2) is 12.4 Å². The highest BCUT2D eigenvalue weighted by atomic mass is 16.3. The fraction of sp³-hybridized carbons (Fsp3) is 0.625. The Morgan fingerprint density at radius 1 is 1.46 bits per heavy atom. The summed E-state index contributed by atoms with van der Waals surface area (Å²) in [5.41, 5.74) is 6.10. The van der Waals surface area contributed by atoms with Crippen molar-refractivity contribution in [2.75, 3.05) is 18.9 Å². The van der Waals surface area contributed by atoms with Crippen molar-refractivity contribution >= 4 is 5.69 Å². The fourth-order valence-corrected chi connectivity index (χ4v) is 1.06. The van der Waals surface area contributed by atoms with Crippen molar-refractivity contribution in [1.29, 1.82) is 0 Å². The number of aliphatic hydroxyl groups is 2. The highest BCUT2D eigenvalue weighted by Gasteiger charge is 2.05. The Hall–Kier alpha value is -1.07. The molecule has 0 aliphatic heterocycles. The van der Waals surface area contributed by atoms with Crippen molar-refractivity contribution in [1.82, 2.24) is 9.78 Å². The Labute approximate surface area is 76.8 Å². The van der Waals surface area contributed by atoms with Gasteiger partial charge in [0.2, 0.25) is 0 Å². The molecule has 1 aromatic heterocycles. The smallest absolute Gasteiger partial charge is 0.0719 e. The first-order valence-corrected chi connectivity index (χ1v) is 4.26. The number of nitrogen functional groups attached to an aromatic ring is 1. The van der Waals surface area contributed by atoms with E-state index in [4.69, 9.17) is 15.9 Å². The Morgan fingerprint density at radius 3 is 2.62 bits per heavy atom. The van der Waals surface area contributed by atoms with Crippen LogP contribution in [-0.4, -0.2) is 33.2 Å². The summed E-state index contributed by atoms with van der Waals surface area (Å²) in [6.45, 7) is 0.684. The van der Waals surface area contributed by atoms with Gasteiger partial charge in [0, 0.05) is 31.9 Å². The minimum Gasteiger partial charge on any atom is -0.396 e. The van der Waals surface area contributed by atoms with Crippen LogP contribution < -0.4 is 5.73 Å². The van der Waals surface area contributed by atoms with Crippen molar-refractivity contribution in [3.8, 4) is 0 Å². The lowest BCUT2D eigenvalue weighted by molar-refractivity contribution is 0.139. The van der Waals surface area contributed by atoms with Crippen molar-refractivity contribution < 1.29 is 10.2 Å². The molecule has 5 heteroatoms. The Morgan fingerprint density at radius 2 is 2.15 bits per heavy atom. The predicted molar refractivity (Wildman–Crippen MR) is 48.9 cm³/mol. The average Bonchev–Trinajstić information content (AvgIpc) is 2.53. The number of aromatic nitrogens is 2. The summed E-state index contributed by atoms with van der Waals surface area (Å²) in [5.74, 6) is -0.0644. The molecule has 74 valence electrons. The summed E-state index contributed by atoms with van der Waals surface area (Å²) in [7, 11) is 0. The first-order valence-electron chi connectivity index (χ1n) is 4.26. The van der Waals surface area contributed by atoms with Crippen LogP contribution in [0.1, 0.15) is 6.42 Å². The summed E-state index contributed by atoms with van der Waals surface area (Å²) in [5, 5.41) is 21.6. The molecule has 0 saturated carbocycles. The Bertz CT molecular complexity index is 245. The second kappa shape index (κ2) is 4.84. The first-order chi connectivity index (χ1) is 6.26. The molecule has 0 radical (unpaired) electrons. The van der Waals surface area contributed by atoms with E-state index < -0.39 is 0 Å². The maximum absolute atomic E-state index is 8.79. The summed E-state index contributed by atoms with van der Waals surface area (Å²) < 4.78 is 1.70. The number of hydrogen-bond donors (Lipinski definition) is 3. The molecule has 1 aromatic rings. The van der Waals surface area contributed by atoms with Gasteiger partial charge in [-0.1, -0.05) is 0 Å². The van der Waals surface area contributed by atoms with Crippen LogP contribution in [0, 0.1) is 5.92 Å². The van der Waals surface area contributed by atoms with E-state index in [1.54, 1.807) is 17.1 Å². The van der Waals surface area contributed by atoms with Gasteiger partial charge in [0.1, 0.15) is 0 Å². The van der Waals surface area contributed by atoms with E-state index in [0.717, 1.165) is 0 Å². The predicted octanol–water partition coefficient (Wildman–Crippen LogP) is -0.544. The second-order valence-corrected chi connectivity index (χ2v) is 3.06. The molecule has 0 amide bonds. The van der Waals surface area contributed by atoms with Gasteiger partial charge in [-0.15, -0.1) is 0 Å². The zero-order valence-electron chi connectivity index (χ0n) is 7.43. The largest absolute Gasteiger partial charge is 0.396 e. The zero-order valence-corrected chi connectivity index (χ0v) is 7.43. The van der Waals surface area contributed by atoms with Gasteiger partial charge in [-0.25, -0.2) is 0 Å². The number of anilines is 1. The molecule has 0 aliphatic carbocycles. The molecule has 5 nitrogen and oxygen atoms in total. The molecule has 1 rings (SSSR count). The molecule has 0 atom stereocenters. The van der Waals surface area contributed by atoms with Crippen LogP contribution in [-0.2, 0) is 6.54 Å². The average molecular weight is 185 g/mol. The Balaban J connectivity index is 2.33. The lowest BCUT2D eigenvalue weighted by Gasteiger charge is -2.09. The van der Waals surface area contributed by atoms with Crippen LogP contribution in [0.5, 0.6) is 0 Å². The number of nitrogens with two attached hydrogens (primary N) is 1. The molecule has 0 aromatic carbocycles. The van der Waals surface area contributed by atoms with Gasteiger partial charge in [-0.3, -0.25) is 4.68 Å². The van der Waals surface area contributed by atoms with Gasteiger partial charge >= 0.3 is 0 Å². The van der Waals surface area contributed by atoms with Gasteiger partial charge in [0.15, 0.2) is 0 Å². The number of nitrogens with zero attached hydrogens (tertiary/aromatic N) is 2. The van der Waals surface area contributed by atoms with Gasteiger partial charge in [0.05, 0.1) is 11.9 Å². The van der Waals surface area contributed by atoms with Crippen molar-refractivity contribution in [3.05, 3.63) is 12.4 Å². The molecule has 1 heterocycles. The maximum Gasteiger partial charge on any atom is 0.0719 e. The van der Waals surface area contributed by atoms with Crippen molar-refractivity contribution in [2.24, 2.45) is 5.92 Å². The molecule has 0 fully saturated rings. The molecular formula is C8H15N3O2. The number of rotatable bonds is 5. The van der Waals surface area contributed by atoms with Gasteiger partial charge < -0.3 is 15.9 Å². The molecule has 0 bridgehead atoms. The Kier molecular flexibility index (Phi) is 3.72. The van der Waals surface area contributed by atoms with Gasteiger partial charge in [-0.2, -0.15) is 5.10 Å². The third kappa shape index (κ3) is 3.04. The second-order valence-electron chi connectivity index (χ2n) is 3.06. The van der Waals surface area contributed by atoms with E-state index in [1.807, 2.05) is 0 Å². The lowest BCUT2D eigenvalue weighted by Crippen LogP contribution is -2.14. The summed E-state index contributed by atoms with van der Waals surface area (Å²) in [4.78, 5) is 0.